The number of halogens is 2. The van der Waals surface area contributed by atoms with Gasteiger partial charge in [-0.3, -0.25) is 4.79 Å². The molecule has 3 rings (SSSR count). The van der Waals surface area contributed by atoms with Gasteiger partial charge in [0, 0.05) is 18.0 Å². The van der Waals surface area contributed by atoms with Crippen molar-refractivity contribution in [1.29, 1.82) is 0 Å². The number of aromatic nitrogens is 1. The summed E-state index contributed by atoms with van der Waals surface area (Å²) in [6.45, 7) is 0. The van der Waals surface area contributed by atoms with Crippen LogP contribution in [0, 0.1) is 0 Å². The fourth-order valence-corrected chi connectivity index (χ4v) is 2.43. The lowest BCUT2D eigenvalue weighted by molar-refractivity contribution is 0.102. The van der Waals surface area contributed by atoms with Crippen LogP contribution in [0.2, 0.25) is 10.0 Å². The molecule has 0 unspecified atom stereocenters. The Morgan fingerprint density at radius 1 is 0.909 bits per heavy atom. The molecule has 0 aliphatic rings. The number of nitrogens with one attached hydrogen (secondary N) is 1. The third kappa shape index (κ3) is 3.01. The predicted molar refractivity (Wildman–Crippen MR) is 90.2 cm³/mol. The van der Waals surface area contributed by atoms with E-state index in [1.165, 1.54) is 0 Å². The molecule has 5 heteroatoms. The summed E-state index contributed by atoms with van der Waals surface area (Å²) in [5.74, 6) is -0.238. The summed E-state index contributed by atoms with van der Waals surface area (Å²) in [6.07, 6.45) is 3.84. The average Bonchev–Trinajstić information content (AvgIpc) is 3.04. The molecule has 0 spiro atoms. The van der Waals surface area contributed by atoms with Gasteiger partial charge in [0.05, 0.1) is 21.4 Å². The van der Waals surface area contributed by atoms with Crippen LogP contribution in [0.1, 0.15) is 10.4 Å². The Kier molecular flexibility index (Phi) is 4.18. The summed E-state index contributed by atoms with van der Waals surface area (Å²) in [4.78, 5) is 12.4. The van der Waals surface area contributed by atoms with Crippen molar-refractivity contribution in [2.45, 2.75) is 0 Å². The van der Waals surface area contributed by atoms with Gasteiger partial charge in [-0.2, -0.15) is 0 Å². The van der Waals surface area contributed by atoms with E-state index in [0.717, 1.165) is 11.4 Å². The first kappa shape index (κ1) is 14.7. The first-order valence-electron chi connectivity index (χ1n) is 6.64. The van der Waals surface area contributed by atoms with Crippen LogP contribution in [0.25, 0.3) is 5.69 Å². The maximum atomic E-state index is 12.4. The van der Waals surface area contributed by atoms with Crippen molar-refractivity contribution in [3.05, 3.63) is 82.6 Å². The van der Waals surface area contributed by atoms with Gasteiger partial charge >= 0.3 is 0 Å². The second-order valence-electron chi connectivity index (χ2n) is 4.69. The van der Waals surface area contributed by atoms with Crippen molar-refractivity contribution in [3.63, 3.8) is 0 Å². The summed E-state index contributed by atoms with van der Waals surface area (Å²) >= 11 is 11.8. The highest BCUT2D eigenvalue weighted by molar-refractivity contribution is 6.42. The average molecular weight is 331 g/mol. The van der Waals surface area contributed by atoms with E-state index in [-0.39, 0.29) is 5.91 Å². The van der Waals surface area contributed by atoms with Crippen molar-refractivity contribution in [2.24, 2.45) is 0 Å². The van der Waals surface area contributed by atoms with Crippen LogP contribution in [0.15, 0.2) is 67.0 Å². The van der Waals surface area contributed by atoms with E-state index >= 15 is 0 Å². The maximum Gasteiger partial charge on any atom is 0.255 e. The molecule has 22 heavy (non-hydrogen) atoms. The lowest BCUT2D eigenvalue weighted by atomic mass is 10.2. The first-order valence-corrected chi connectivity index (χ1v) is 7.39. The number of hydrogen-bond acceptors (Lipinski definition) is 1. The molecule has 0 aliphatic carbocycles. The molecule has 1 N–H and O–H groups in total. The summed E-state index contributed by atoms with van der Waals surface area (Å²) < 4.78 is 1.93. The van der Waals surface area contributed by atoms with Gasteiger partial charge in [-0.15, -0.1) is 0 Å². The molecule has 0 atom stereocenters. The SMILES string of the molecule is O=C(Nc1ccccc1-n1cccc1)c1ccc(Cl)c(Cl)c1. The molecule has 0 radical (unpaired) electrons. The van der Waals surface area contributed by atoms with Gasteiger partial charge in [-0.25, -0.2) is 0 Å². The van der Waals surface area contributed by atoms with E-state index in [1.54, 1.807) is 18.2 Å². The maximum absolute atomic E-state index is 12.4. The Bertz CT molecular complexity index is 813. The number of amides is 1. The minimum Gasteiger partial charge on any atom is -0.322 e. The van der Waals surface area contributed by atoms with Crippen molar-refractivity contribution < 1.29 is 4.79 Å². The second-order valence-corrected chi connectivity index (χ2v) is 5.50. The van der Waals surface area contributed by atoms with Crippen molar-refractivity contribution in [3.8, 4) is 5.69 Å². The molecule has 3 aromatic rings. The van der Waals surface area contributed by atoms with Gasteiger partial charge in [-0.05, 0) is 42.5 Å². The monoisotopic (exact) mass is 330 g/mol. The van der Waals surface area contributed by atoms with Crippen LogP contribution in [-0.2, 0) is 0 Å². The van der Waals surface area contributed by atoms with Gasteiger partial charge in [0.1, 0.15) is 0 Å². The molecule has 0 aliphatic heterocycles. The molecule has 3 nitrogen and oxygen atoms in total. The third-order valence-corrected chi connectivity index (χ3v) is 3.96. The van der Waals surface area contributed by atoms with E-state index in [4.69, 9.17) is 23.2 Å². The molecular weight excluding hydrogens is 319 g/mol. The minimum absolute atomic E-state index is 0.238. The Labute approximate surface area is 138 Å². The molecule has 0 saturated heterocycles. The van der Waals surface area contributed by atoms with E-state index in [9.17, 15) is 4.79 Å². The Morgan fingerprint density at radius 2 is 1.64 bits per heavy atom. The van der Waals surface area contributed by atoms with Crippen molar-refractivity contribution in [2.75, 3.05) is 5.32 Å². The highest BCUT2D eigenvalue weighted by atomic mass is 35.5. The van der Waals surface area contributed by atoms with Crippen molar-refractivity contribution in [1.82, 2.24) is 4.57 Å². The van der Waals surface area contributed by atoms with Crippen LogP contribution in [0.3, 0.4) is 0 Å². The van der Waals surface area contributed by atoms with Gasteiger partial charge < -0.3 is 9.88 Å². The van der Waals surface area contributed by atoms with Crippen molar-refractivity contribution >= 4 is 34.8 Å². The Morgan fingerprint density at radius 3 is 2.36 bits per heavy atom. The standard InChI is InChI=1S/C17H12Cl2N2O/c18-13-8-7-12(11-14(13)19)17(22)20-15-5-1-2-6-16(15)21-9-3-4-10-21/h1-11H,(H,20,22). The minimum atomic E-state index is -0.238. The zero-order valence-electron chi connectivity index (χ0n) is 11.5. The Hall–Kier alpha value is -2.23. The highest BCUT2D eigenvalue weighted by Crippen LogP contribution is 2.24. The summed E-state index contributed by atoms with van der Waals surface area (Å²) in [7, 11) is 0. The quantitative estimate of drug-likeness (QED) is 0.717. The lowest BCUT2D eigenvalue weighted by Gasteiger charge is -2.12. The molecule has 1 heterocycles. The highest BCUT2D eigenvalue weighted by Gasteiger charge is 2.11. The van der Waals surface area contributed by atoms with Crippen LogP contribution in [0.5, 0.6) is 0 Å². The number of hydrogen-bond donors (Lipinski definition) is 1. The van der Waals surface area contributed by atoms with Crippen LogP contribution in [0.4, 0.5) is 5.69 Å². The zero-order chi connectivity index (χ0) is 15.5. The molecule has 1 amide bonds. The molecule has 110 valence electrons. The normalized spacial score (nSPS) is 10.5. The first-order chi connectivity index (χ1) is 10.6. The van der Waals surface area contributed by atoms with Gasteiger partial charge in [-0.1, -0.05) is 35.3 Å². The lowest BCUT2D eigenvalue weighted by Crippen LogP contribution is -2.13. The number of carbonyl (C=O) groups is 1. The number of para-hydroxylation sites is 2. The molecule has 0 saturated carbocycles. The molecule has 1 aromatic heterocycles. The fourth-order valence-electron chi connectivity index (χ4n) is 2.13. The number of anilines is 1. The van der Waals surface area contributed by atoms with E-state index in [2.05, 4.69) is 5.32 Å². The fraction of sp³-hybridized carbons (Fsp3) is 0. The summed E-state index contributed by atoms with van der Waals surface area (Å²) in [5, 5.41) is 3.68. The van der Waals surface area contributed by atoms with E-state index in [0.29, 0.717) is 15.6 Å². The van der Waals surface area contributed by atoms with E-state index < -0.39 is 0 Å². The predicted octanol–water partition coefficient (Wildman–Crippen LogP) is 5.04. The molecule has 0 fully saturated rings. The molecule has 0 bridgehead atoms. The molecule has 2 aromatic carbocycles. The Balaban J connectivity index is 1.90. The topological polar surface area (TPSA) is 34.0 Å². The number of rotatable bonds is 3. The molecular formula is C17H12Cl2N2O. The second kappa shape index (κ2) is 6.26. The van der Waals surface area contributed by atoms with E-state index in [1.807, 2.05) is 53.4 Å². The summed E-state index contributed by atoms with van der Waals surface area (Å²) in [5.41, 5.74) is 2.06. The third-order valence-electron chi connectivity index (χ3n) is 3.22. The van der Waals surface area contributed by atoms with Crippen LogP contribution >= 0.6 is 23.2 Å². The van der Waals surface area contributed by atoms with Gasteiger partial charge in [0.15, 0.2) is 0 Å². The zero-order valence-corrected chi connectivity index (χ0v) is 13.0. The number of nitrogens with zero attached hydrogens (tertiary/aromatic N) is 1. The van der Waals surface area contributed by atoms with Gasteiger partial charge in [0.25, 0.3) is 5.91 Å². The smallest absolute Gasteiger partial charge is 0.255 e. The van der Waals surface area contributed by atoms with Crippen LogP contribution < -0.4 is 5.32 Å². The van der Waals surface area contributed by atoms with Gasteiger partial charge in [0.2, 0.25) is 0 Å². The van der Waals surface area contributed by atoms with Crippen LogP contribution in [-0.4, -0.2) is 10.5 Å². The number of carbonyl (C=O) groups excluding carboxylic acids is 1. The number of benzene rings is 2. The largest absolute Gasteiger partial charge is 0.322 e. The summed E-state index contributed by atoms with van der Waals surface area (Å²) in [6, 6.07) is 16.2.